The normalized spacial score (nSPS) is 23.3. The molecule has 120 valence electrons. The molecule has 1 aliphatic rings. The molecule has 0 aliphatic heterocycles. The highest BCUT2D eigenvalue weighted by Gasteiger charge is 2.55. The Hall–Kier alpha value is -1.62. The maximum Gasteiger partial charge on any atom is 0.316 e. The van der Waals surface area contributed by atoms with Crippen molar-refractivity contribution in [3.05, 3.63) is 63.9 Å². The molecular formula is C17H15Cl2NO3. The predicted molar refractivity (Wildman–Crippen MR) is 87.8 cm³/mol. The van der Waals surface area contributed by atoms with Crippen molar-refractivity contribution in [2.24, 2.45) is 0 Å². The molecule has 0 spiro atoms. The number of ether oxygens (including phenoxy) is 1. The number of nitrogens with zero attached hydrogens (tertiary/aromatic N) is 1. The van der Waals surface area contributed by atoms with Gasteiger partial charge in [0.25, 0.3) is 0 Å². The molecule has 1 heterocycles. The molecular weight excluding hydrogens is 337 g/mol. The summed E-state index contributed by atoms with van der Waals surface area (Å²) in [5.74, 6) is -0.930. The van der Waals surface area contributed by atoms with Gasteiger partial charge in [0.1, 0.15) is 15.7 Å². The SMILES string of the molecule is O=C(O)C1(c2cc(Cl)nc(Cl)c2)CCC1OCc1ccccc1. The van der Waals surface area contributed by atoms with Crippen LogP contribution in [0.1, 0.15) is 24.0 Å². The molecule has 2 aromatic rings. The molecule has 23 heavy (non-hydrogen) atoms. The zero-order chi connectivity index (χ0) is 16.4. The van der Waals surface area contributed by atoms with Crippen molar-refractivity contribution in [1.29, 1.82) is 0 Å². The number of carboxylic acid groups (broad SMARTS) is 1. The molecule has 0 amide bonds. The van der Waals surface area contributed by atoms with E-state index < -0.39 is 17.5 Å². The molecule has 0 bridgehead atoms. The summed E-state index contributed by atoms with van der Waals surface area (Å²) in [6.45, 7) is 0.368. The highest BCUT2D eigenvalue weighted by atomic mass is 35.5. The largest absolute Gasteiger partial charge is 0.481 e. The van der Waals surface area contributed by atoms with Gasteiger partial charge < -0.3 is 9.84 Å². The summed E-state index contributed by atoms with van der Waals surface area (Å²) in [6, 6.07) is 12.8. The lowest BCUT2D eigenvalue weighted by Crippen LogP contribution is -2.55. The molecule has 4 nitrogen and oxygen atoms in total. The number of carboxylic acids is 1. The van der Waals surface area contributed by atoms with E-state index in [1.165, 1.54) is 0 Å². The highest BCUT2D eigenvalue weighted by molar-refractivity contribution is 6.32. The van der Waals surface area contributed by atoms with Crippen LogP contribution in [0, 0.1) is 0 Å². The van der Waals surface area contributed by atoms with Crippen LogP contribution in [0.15, 0.2) is 42.5 Å². The van der Waals surface area contributed by atoms with Gasteiger partial charge in [-0.1, -0.05) is 53.5 Å². The third-order valence-electron chi connectivity index (χ3n) is 4.30. The Bertz CT molecular complexity index is 703. The zero-order valence-corrected chi connectivity index (χ0v) is 13.7. The Kier molecular flexibility index (Phi) is 4.57. The van der Waals surface area contributed by atoms with Gasteiger partial charge in [-0.05, 0) is 36.1 Å². The topological polar surface area (TPSA) is 59.4 Å². The minimum atomic E-state index is -1.12. The molecule has 0 radical (unpaired) electrons. The van der Waals surface area contributed by atoms with Crippen LogP contribution in [0.5, 0.6) is 0 Å². The Balaban J connectivity index is 1.85. The van der Waals surface area contributed by atoms with Crippen LogP contribution in [-0.4, -0.2) is 22.2 Å². The second-order valence-electron chi connectivity index (χ2n) is 5.60. The quantitative estimate of drug-likeness (QED) is 0.824. The van der Waals surface area contributed by atoms with Gasteiger partial charge in [-0.25, -0.2) is 4.98 Å². The average Bonchev–Trinajstić information content (AvgIpc) is 2.46. The van der Waals surface area contributed by atoms with E-state index in [4.69, 9.17) is 27.9 Å². The monoisotopic (exact) mass is 351 g/mol. The second-order valence-corrected chi connectivity index (χ2v) is 6.38. The second kappa shape index (κ2) is 6.48. The van der Waals surface area contributed by atoms with Crippen molar-refractivity contribution in [1.82, 2.24) is 4.98 Å². The number of halogens is 2. The van der Waals surface area contributed by atoms with Crippen LogP contribution in [0.3, 0.4) is 0 Å². The van der Waals surface area contributed by atoms with Gasteiger partial charge in [0.05, 0.1) is 12.7 Å². The zero-order valence-electron chi connectivity index (χ0n) is 12.2. The number of aromatic nitrogens is 1. The van der Waals surface area contributed by atoms with Crippen molar-refractivity contribution >= 4 is 29.2 Å². The lowest BCUT2D eigenvalue weighted by atomic mass is 9.62. The first-order valence-electron chi connectivity index (χ1n) is 7.25. The van der Waals surface area contributed by atoms with Gasteiger partial charge in [0.2, 0.25) is 0 Å². The summed E-state index contributed by atoms with van der Waals surface area (Å²) >= 11 is 11.9. The highest BCUT2D eigenvalue weighted by Crippen LogP contribution is 2.47. The minimum Gasteiger partial charge on any atom is -0.481 e. The van der Waals surface area contributed by atoms with Crippen molar-refractivity contribution in [2.45, 2.75) is 31.0 Å². The van der Waals surface area contributed by atoms with Gasteiger partial charge >= 0.3 is 5.97 Å². The van der Waals surface area contributed by atoms with Gasteiger partial charge in [-0.15, -0.1) is 0 Å². The van der Waals surface area contributed by atoms with Gasteiger partial charge in [-0.3, -0.25) is 4.79 Å². The number of hydrogen-bond acceptors (Lipinski definition) is 3. The maximum absolute atomic E-state index is 12.0. The van der Waals surface area contributed by atoms with Crippen molar-refractivity contribution in [2.75, 3.05) is 0 Å². The number of aliphatic carboxylic acids is 1. The summed E-state index contributed by atoms with van der Waals surface area (Å²) in [7, 11) is 0. The van der Waals surface area contributed by atoms with E-state index in [2.05, 4.69) is 4.98 Å². The summed E-state index contributed by atoms with van der Waals surface area (Å²) in [6.07, 6.45) is 0.740. The Morgan fingerprint density at radius 1 is 1.26 bits per heavy atom. The number of carbonyl (C=O) groups is 1. The van der Waals surface area contributed by atoms with Crippen molar-refractivity contribution in [3.8, 4) is 0 Å². The molecule has 1 aromatic heterocycles. The Morgan fingerprint density at radius 2 is 1.91 bits per heavy atom. The fourth-order valence-corrected chi connectivity index (χ4v) is 3.43. The van der Waals surface area contributed by atoms with E-state index in [9.17, 15) is 9.90 Å². The molecule has 3 rings (SSSR count). The van der Waals surface area contributed by atoms with E-state index in [1.807, 2.05) is 30.3 Å². The summed E-state index contributed by atoms with van der Waals surface area (Å²) in [4.78, 5) is 15.8. The van der Waals surface area contributed by atoms with Crippen LogP contribution in [0.2, 0.25) is 10.3 Å². The molecule has 1 aliphatic carbocycles. The van der Waals surface area contributed by atoms with E-state index >= 15 is 0 Å². The molecule has 6 heteroatoms. The smallest absolute Gasteiger partial charge is 0.316 e. The van der Waals surface area contributed by atoms with Crippen LogP contribution >= 0.6 is 23.2 Å². The Morgan fingerprint density at radius 3 is 2.43 bits per heavy atom. The van der Waals surface area contributed by atoms with Crippen LogP contribution in [0.25, 0.3) is 0 Å². The third-order valence-corrected chi connectivity index (χ3v) is 4.69. The van der Waals surface area contributed by atoms with Gasteiger partial charge in [-0.2, -0.15) is 0 Å². The number of rotatable bonds is 5. The van der Waals surface area contributed by atoms with Crippen molar-refractivity contribution < 1.29 is 14.6 Å². The average molecular weight is 352 g/mol. The Labute approximate surface area is 144 Å². The molecule has 0 saturated heterocycles. The van der Waals surface area contributed by atoms with Gasteiger partial charge in [0.15, 0.2) is 0 Å². The molecule has 2 unspecified atom stereocenters. The summed E-state index contributed by atoms with van der Waals surface area (Å²) in [5.41, 5.74) is 0.425. The number of benzene rings is 1. The third kappa shape index (κ3) is 3.07. The molecule has 1 N–H and O–H groups in total. The lowest BCUT2D eigenvalue weighted by Gasteiger charge is -2.46. The maximum atomic E-state index is 12.0. The minimum absolute atomic E-state index is 0.182. The summed E-state index contributed by atoms with van der Waals surface area (Å²) < 4.78 is 5.89. The van der Waals surface area contributed by atoms with Crippen LogP contribution in [0.4, 0.5) is 0 Å². The van der Waals surface area contributed by atoms with Gasteiger partial charge in [0, 0.05) is 0 Å². The predicted octanol–water partition coefficient (Wildman–Crippen LogP) is 4.09. The van der Waals surface area contributed by atoms with Crippen LogP contribution in [-0.2, 0) is 21.6 Å². The standard InChI is InChI=1S/C17H15Cl2NO3/c18-14-8-12(9-15(19)20-14)17(16(21)22)7-6-13(17)23-10-11-4-2-1-3-5-11/h1-5,8-9,13H,6-7,10H2,(H,21,22). The number of pyridine rings is 1. The van der Waals surface area contributed by atoms with Crippen molar-refractivity contribution in [3.63, 3.8) is 0 Å². The first kappa shape index (κ1) is 16.2. The molecule has 1 aromatic carbocycles. The fraction of sp³-hybridized carbons (Fsp3) is 0.294. The molecule has 2 atom stereocenters. The lowest BCUT2D eigenvalue weighted by molar-refractivity contribution is -0.163. The van der Waals surface area contributed by atoms with E-state index in [0.29, 0.717) is 25.0 Å². The van der Waals surface area contributed by atoms with E-state index in [-0.39, 0.29) is 10.3 Å². The first-order valence-corrected chi connectivity index (χ1v) is 8.00. The molecule has 1 fully saturated rings. The molecule has 1 saturated carbocycles. The van der Waals surface area contributed by atoms with Crippen LogP contribution < -0.4 is 0 Å². The fourth-order valence-electron chi connectivity index (χ4n) is 2.97. The first-order chi connectivity index (χ1) is 11.0. The number of hydrogen-bond donors (Lipinski definition) is 1. The van der Waals surface area contributed by atoms with E-state index in [1.54, 1.807) is 12.1 Å². The summed E-state index contributed by atoms with van der Waals surface area (Å²) in [5, 5.41) is 10.2. The van der Waals surface area contributed by atoms with E-state index in [0.717, 1.165) is 5.56 Å².